The average Bonchev–Trinajstić information content (AvgIpc) is 2.75. The zero-order valence-electron chi connectivity index (χ0n) is 10.1. The molecule has 1 N–H and O–H groups in total. The van der Waals surface area contributed by atoms with Gasteiger partial charge in [0.2, 0.25) is 0 Å². The molecule has 0 radical (unpaired) electrons. The first-order valence-electron chi connectivity index (χ1n) is 5.88. The van der Waals surface area contributed by atoms with Gasteiger partial charge in [-0.15, -0.1) is 0 Å². The van der Waals surface area contributed by atoms with Crippen LogP contribution < -0.4 is 5.32 Å². The number of halogens is 1. The second-order valence-corrected chi connectivity index (χ2v) is 4.92. The fraction of sp³-hybridized carbons (Fsp3) is 0.545. The van der Waals surface area contributed by atoms with E-state index in [1.54, 1.807) is 17.7 Å². The lowest BCUT2D eigenvalue weighted by Gasteiger charge is -2.40. The number of ether oxygens (including phenoxy) is 1. The van der Waals surface area contributed by atoms with E-state index in [0.29, 0.717) is 10.9 Å². The zero-order valence-corrected chi connectivity index (χ0v) is 10.8. The van der Waals surface area contributed by atoms with Crippen molar-refractivity contribution in [3.8, 4) is 0 Å². The first kappa shape index (κ1) is 11.7. The quantitative estimate of drug-likeness (QED) is 0.855. The summed E-state index contributed by atoms with van der Waals surface area (Å²) in [5.74, 6) is 1.27. The molecule has 0 aliphatic heterocycles. The third kappa shape index (κ3) is 1.91. The van der Waals surface area contributed by atoms with E-state index in [1.807, 2.05) is 0 Å². The summed E-state index contributed by atoms with van der Waals surface area (Å²) in [4.78, 5) is 8.10. The van der Waals surface area contributed by atoms with Gasteiger partial charge in [0, 0.05) is 19.7 Å². The van der Waals surface area contributed by atoms with E-state index in [0.717, 1.165) is 25.2 Å². The monoisotopic (exact) mass is 267 g/mol. The fourth-order valence-electron chi connectivity index (χ4n) is 2.19. The number of rotatable bonds is 4. The number of hydrogen-bond acceptors (Lipinski definition) is 5. The van der Waals surface area contributed by atoms with E-state index < -0.39 is 0 Å². The Balaban J connectivity index is 1.83. The molecule has 2 aromatic rings. The molecule has 1 fully saturated rings. The fourth-order valence-corrected chi connectivity index (χ4v) is 2.36. The maximum absolute atomic E-state index is 5.95. The van der Waals surface area contributed by atoms with Crippen molar-refractivity contribution >= 4 is 23.2 Å². The predicted molar refractivity (Wildman–Crippen MR) is 67.9 cm³/mol. The minimum atomic E-state index is -0.0529. The molecule has 0 amide bonds. The topological polar surface area (TPSA) is 64.3 Å². The lowest BCUT2D eigenvalue weighted by atomic mass is 9.80. The Morgan fingerprint density at radius 1 is 1.56 bits per heavy atom. The number of fused-ring (bicyclic) bond motifs is 1. The molecule has 6 nitrogen and oxygen atoms in total. The van der Waals surface area contributed by atoms with Crippen LogP contribution in [0.2, 0.25) is 5.15 Å². The number of anilines is 1. The number of hydrogen-bond donors (Lipinski definition) is 1. The molecule has 18 heavy (non-hydrogen) atoms. The van der Waals surface area contributed by atoms with Gasteiger partial charge in [0.05, 0.1) is 5.60 Å². The Hall–Kier alpha value is -1.40. The van der Waals surface area contributed by atoms with Gasteiger partial charge in [0.15, 0.2) is 0 Å². The van der Waals surface area contributed by atoms with Crippen molar-refractivity contribution in [3.05, 3.63) is 17.5 Å². The normalized spacial score (nSPS) is 17.7. The molecule has 96 valence electrons. The van der Waals surface area contributed by atoms with Gasteiger partial charge >= 0.3 is 0 Å². The molecule has 1 saturated carbocycles. The minimum absolute atomic E-state index is 0.0529. The van der Waals surface area contributed by atoms with Crippen LogP contribution in [-0.2, 0) is 4.74 Å². The van der Waals surface area contributed by atoms with E-state index in [9.17, 15) is 0 Å². The molecule has 3 rings (SSSR count). The van der Waals surface area contributed by atoms with Crippen LogP contribution in [0.4, 0.5) is 5.82 Å². The van der Waals surface area contributed by atoms with Crippen LogP contribution >= 0.6 is 11.6 Å². The molecule has 0 aromatic carbocycles. The molecule has 0 atom stereocenters. The standard InChI is InChI=1S/C11H14ClN5O/c1-18-11(3-2-4-11)6-13-9-5-8(12)16-10-14-7-15-17(9)10/h5,7,13H,2-4,6H2,1H3. The van der Waals surface area contributed by atoms with E-state index >= 15 is 0 Å². The summed E-state index contributed by atoms with van der Waals surface area (Å²) in [6.45, 7) is 0.735. The minimum Gasteiger partial charge on any atom is -0.376 e. The first-order chi connectivity index (χ1) is 8.72. The van der Waals surface area contributed by atoms with Crippen LogP contribution in [0.1, 0.15) is 19.3 Å². The van der Waals surface area contributed by atoms with Crippen LogP contribution in [-0.4, -0.2) is 38.8 Å². The second kappa shape index (κ2) is 4.37. The predicted octanol–water partition coefficient (Wildman–Crippen LogP) is 1.76. The molecule has 1 aliphatic carbocycles. The van der Waals surface area contributed by atoms with Gasteiger partial charge in [-0.05, 0) is 19.3 Å². The SMILES string of the molecule is COC1(CNc2cc(Cl)nc3ncnn23)CCC1. The van der Waals surface area contributed by atoms with E-state index in [2.05, 4.69) is 20.4 Å². The summed E-state index contributed by atoms with van der Waals surface area (Å²) < 4.78 is 7.20. The highest BCUT2D eigenvalue weighted by atomic mass is 35.5. The molecule has 7 heteroatoms. The number of methoxy groups -OCH3 is 1. The van der Waals surface area contributed by atoms with Crippen LogP contribution in [0.15, 0.2) is 12.4 Å². The summed E-state index contributed by atoms with van der Waals surface area (Å²) in [5.41, 5.74) is -0.0529. The number of nitrogens with zero attached hydrogens (tertiary/aromatic N) is 4. The lowest BCUT2D eigenvalue weighted by molar-refractivity contribution is -0.0601. The summed E-state index contributed by atoms with van der Waals surface area (Å²) in [5, 5.41) is 7.83. The maximum Gasteiger partial charge on any atom is 0.255 e. The third-order valence-corrected chi connectivity index (χ3v) is 3.70. The van der Waals surface area contributed by atoms with E-state index in [4.69, 9.17) is 16.3 Å². The van der Waals surface area contributed by atoms with Crippen molar-refractivity contribution in [2.24, 2.45) is 0 Å². The number of nitrogens with one attached hydrogen (secondary N) is 1. The smallest absolute Gasteiger partial charge is 0.255 e. The molecule has 0 spiro atoms. The Labute approximate surface area is 109 Å². The largest absolute Gasteiger partial charge is 0.376 e. The zero-order chi connectivity index (χ0) is 12.6. The van der Waals surface area contributed by atoms with Crippen LogP contribution in [0.5, 0.6) is 0 Å². The van der Waals surface area contributed by atoms with E-state index in [1.165, 1.54) is 12.7 Å². The van der Waals surface area contributed by atoms with Crippen LogP contribution in [0, 0.1) is 0 Å². The van der Waals surface area contributed by atoms with Gasteiger partial charge in [0.25, 0.3) is 5.78 Å². The highest BCUT2D eigenvalue weighted by molar-refractivity contribution is 6.29. The van der Waals surface area contributed by atoms with Gasteiger partial charge in [-0.25, -0.2) is 0 Å². The Morgan fingerprint density at radius 2 is 2.39 bits per heavy atom. The highest BCUT2D eigenvalue weighted by Gasteiger charge is 2.36. The van der Waals surface area contributed by atoms with Crippen molar-refractivity contribution in [1.29, 1.82) is 0 Å². The van der Waals surface area contributed by atoms with Crippen molar-refractivity contribution in [2.45, 2.75) is 24.9 Å². The summed E-state index contributed by atoms with van der Waals surface area (Å²) in [6.07, 6.45) is 4.83. The van der Waals surface area contributed by atoms with Crippen LogP contribution in [0.3, 0.4) is 0 Å². The number of aromatic nitrogens is 4. The van der Waals surface area contributed by atoms with Crippen molar-refractivity contribution in [2.75, 3.05) is 19.0 Å². The molecular weight excluding hydrogens is 254 g/mol. The first-order valence-corrected chi connectivity index (χ1v) is 6.26. The molecule has 0 bridgehead atoms. The van der Waals surface area contributed by atoms with Gasteiger partial charge in [-0.2, -0.15) is 19.6 Å². The lowest BCUT2D eigenvalue weighted by Crippen LogP contribution is -2.45. The van der Waals surface area contributed by atoms with Gasteiger partial charge < -0.3 is 10.1 Å². The summed E-state index contributed by atoms with van der Waals surface area (Å²) in [6, 6.07) is 1.74. The molecule has 2 aromatic heterocycles. The van der Waals surface area contributed by atoms with Crippen molar-refractivity contribution in [1.82, 2.24) is 19.6 Å². The second-order valence-electron chi connectivity index (χ2n) is 4.53. The van der Waals surface area contributed by atoms with Crippen molar-refractivity contribution in [3.63, 3.8) is 0 Å². The summed E-state index contributed by atoms with van der Waals surface area (Å²) >= 11 is 5.95. The maximum atomic E-state index is 5.95. The molecule has 2 heterocycles. The Bertz CT molecular complexity index is 560. The third-order valence-electron chi connectivity index (χ3n) is 3.51. The Morgan fingerprint density at radius 3 is 3.06 bits per heavy atom. The molecule has 0 saturated heterocycles. The van der Waals surface area contributed by atoms with E-state index in [-0.39, 0.29) is 5.60 Å². The highest BCUT2D eigenvalue weighted by Crippen LogP contribution is 2.35. The molecule has 1 aliphatic rings. The van der Waals surface area contributed by atoms with Gasteiger partial charge in [-0.3, -0.25) is 0 Å². The van der Waals surface area contributed by atoms with Gasteiger partial charge in [-0.1, -0.05) is 11.6 Å². The molecular formula is C11H14ClN5O. The average molecular weight is 268 g/mol. The van der Waals surface area contributed by atoms with Crippen LogP contribution in [0.25, 0.3) is 5.78 Å². The Kier molecular flexibility index (Phi) is 2.83. The van der Waals surface area contributed by atoms with Crippen molar-refractivity contribution < 1.29 is 4.74 Å². The summed E-state index contributed by atoms with van der Waals surface area (Å²) in [7, 11) is 1.76. The van der Waals surface area contributed by atoms with Gasteiger partial charge in [0.1, 0.15) is 17.3 Å². The molecule has 0 unspecified atom stereocenters.